The molecule has 0 aromatic rings. The fraction of sp³-hybridized carbons (Fsp3) is 0.846. The van der Waals surface area contributed by atoms with Crippen molar-refractivity contribution in [1.82, 2.24) is 10.2 Å². The van der Waals surface area contributed by atoms with E-state index in [9.17, 15) is 9.59 Å². The van der Waals surface area contributed by atoms with Gasteiger partial charge in [0.25, 0.3) is 0 Å². The first kappa shape index (κ1) is 16.9. The van der Waals surface area contributed by atoms with Crippen molar-refractivity contribution >= 4 is 11.9 Å². The summed E-state index contributed by atoms with van der Waals surface area (Å²) < 4.78 is 0. The Morgan fingerprint density at radius 1 is 1.06 bits per heavy atom. The van der Waals surface area contributed by atoms with E-state index in [0.717, 1.165) is 32.5 Å². The molecule has 0 atom stereocenters. The Hall–Kier alpha value is -1.10. The zero-order chi connectivity index (χ0) is 13.8. The Morgan fingerprint density at radius 3 is 2.28 bits per heavy atom. The lowest BCUT2D eigenvalue weighted by molar-refractivity contribution is -0.137. The van der Waals surface area contributed by atoms with Crippen LogP contribution in [0.25, 0.3) is 0 Å². The maximum absolute atomic E-state index is 11.3. The average Bonchev–Trinajstić information content (AvgIpc) is 2.33. The third-order valence-corrected chi connectivity index (χ3v) is 2.91. The van der Waals surface area contributed by atoms with E-state index in [0.29, 0.717) is 19.4 Å². The Kier molecular flexibility index (Phi) is 10.3. The molecule has 5 nitrogen and oxygen atoms in total. The van der Waals surface area contributed by atoms with Gasteiger partial charge in [-0.3, -0.25) is 9.59 Å². The smallest absolute Gasteiger partial charge is 0.303 e. The van der Waals surface area contributed by atoms with Crippen molar-refractivity contribution in [2.24, 2.45) is 0 Å². The summed E-state index contributed by atoms with van der Waals surface area (Å²) in [5.41, 5.74) is 0. The molecule has 2 N–H and O–H groups in total. The van der Waals surface area contributed by atoms with Crippen molar-refractivity contribution in [2.45, 2.75) is 46.0 Å². The number of rotatable bonds is 11. The van der Waals surface area contributed by atoms with Crippen LogP contribution in [0.15, 0.2) is 0 Å². The average molecular weight is 258 g/mol. The number of carboxylic acid groups (broad SMARTS) is 1. The van der Waals surface area contributed by atoms with Crippen molar-refractivity contribution in [1.29, 1.82) is 0 Å². The highest BCUT2D eigenvalue weighted by Crippen LogP contribution is 1.96. The predicted octanol–water partition coefficient (Wildman–Crippen LogP) is 1.48. The van der Waals surface area contributed by atoms with E-state index in [1.807, 2.05) is 0 Å². The minimum atomic E-state index is -0.845. The molecule has 5 heteroatoms. The number of unbranched alkanes of at least 4 members (excludes halogenated alkanes) is 1. The molecule has 0 unspecified atom stereocenters. The number of nitrogens with zero attached hydrogens (tertiary/aromatic N) is 1. The first-order chi connectivity index (χ1) is 8.60. The van der Waals surface area contributed by atoms with Crippen LogP contribution >= 0.6 is 0 Å². The molecular formula is C13H26N2O3. The monoisotopic (exact) mass is 258 g/mol. The van der Waals surface area contributed by atoms with E-state index in [1.165, 1.54) is 0 Å². The number of aliphatic carboxylic acids is 1. The van der Waals surface area contributed by atoms with Crippen molar-refractivity contribution in [2.75, 3.05) is 26.2 Å². The summed E-state index contributed by atoms with van der Waals surface area (Å²) in [6.07, 6.45) is 2.84. The van der Waals surface area contributed by atoms with Crippen molar-refractivity contribution in [3.05, 3.63) is 0 Å². The van der Waals surface area contributed by atoms with Crippen LogP contribution in [0.5, 0.6) is 0 Å². The summed E-state index contributed by atoms with van der Waals surface area (Å²) in [6.45, 7) is 8.19. The summed E-state index contributed by atoms with van der Waals surface area (Å²) in [6, 6.07) is 0. The second-order valence-electron chi connectivity index (χ2n) is 4.33. The molecule has 1 amide bonds. The summed E-state index contributed by atoms with van der Waals surface area (Å²) in [5.74, 6) is -0.888. The van der Waals surface area contributed by atoms with Crippen LogP contribution in [0.1, 0.15) is 46.0 Å². The van der Waals surface area contributed by atoms with Crippen molar-refractivity contribution in [3.63, 3.8) is 0 Å². The van der Waals surface area contributed by atoms with Gasteiger partial charge in [0.2, 0.25) is 5.91 Å². The maximum atomic E-state index is 11.3. The molecule has 0 aliphatic rings. The molecule has 18 heavy (non-hydrogen) atoms. The molecule has 0 heterocycles. The second kappa shape index (κ2) is 11.0. The molecule has 0 aliphatic carbocycles. The lowest BCUT2D eigenvalue weighted by Crippen LogP contribution is -2.27. The van der Waals surface area contributed by atoms with E-state index in [-0.39, 0.29) is 12.3 Å². The van der Waals surface area contributed by atoms with Crippen LogP contribution < -0.4 is 5.32 Å². The van der Waals surface area contributed by atoms with Gasteiger partial charge < -0.3 is 15.3 Å². The van der Waals surface area contributed by atoms with Gasteiger partial charge in [-0.1, -0.05) is 13.8 Å². The fourth-order valence-corrected chi connectivity index (χ4v) is 1.72. The number of carbonyl (C=O) groups is 2. The highest BCUT2D eigenvalue weighted by atomic mass is 16.4. The van der Waals surface area contributed by atoms with E-state index in [2.05, 4.69) is 24.1 Å². The first-order valence-corrected chi connectivity index (χ1v) is 6.81. The molecule has 106 valence electrons. The lowest BCUT2D eigenvalue weighted by Gasteiger charge is -2.17. The quantitative estimate of drug-likeness (QED) is 0.551. The van der Waals surface area contributed by atoms with Crippen LogP contribution in [-0.4, -0.2) is 48.1 Å². The standard InChI is InChI=1S/C13H26N2O3/c1-3-15(4-2)11-6-5-10-14-12(16)8-7-9-13(17)18/h3-11H2,1-2H3,(H,14,16)(H,17,18). The minimum absolute atomic E-state index is 0.0425. The lowest BCUT2D eigenvalue weighted by atomic mass is 10.2. The molecule has 0 rings (SSSR count). The number of hydrogen-bond acceptors (Lipinski definition) is 3. The number of hydrogen-bond donors (Lipinski definition) is 2. The van der Waals surface area contributed by atoms with E-state index < -0.39 is 5.97 Å². The van der Waals surface area contributed by atoms with Gasteiger partial charge in [-0.25, -0.2) is 0 Å². The summed E-state index contributed by atoms with van der Waals surface area (Å²) in [5, 5.41) is 11.3. The van der Waals surface area contributed by atoms with E-state index in [1.54, 1.807) is 0 Å². The molecule has 0 radical (unpaired) electrons. The number of carbonyl (C=O) groups excluding carboxylic acids is 1. The van der Waals surface area contributed by atoms with Crippen LogP contribution in [0.2, 0.25) is 0 Å². The Bertz CT molecular complexity index is 240. The van der Waals surface area contributed by atoms with Gasteiger partial charge in [-0.2, -0.15) is 0 Å². The van der Waals surface area contributed by atoms with Gasteiger partial charge in [-0.15, -0.1) is 0 Å². The highest BCUT2D eigenvalue weighted by Gasteiger charge is 2.03. The molecule has 0 spiro atoms. The Balaban J connectivity index is 3.37. The van der Waals surface area contributed by atoms with Gasteiger partial charge in [0, 0.05) is 19.4 Å². The fourth-order valence-electron chi connectivity index (χ4n) is 1.72. The molecule has 0 bridgehead atoms. The predicted molar refractivity (Wildman–Crippen MR) is 71.5 cm³/mol. The Morgan fingerprint density at radius 2 is 1.72 bits per heavy atom. The number of carboxylic acids is 1. The molecule has 0 saturated carbocycles. The normalized spacial score (nSPS) is 10.6. The molecule has 0 aliphatic heterocycles. The number of amides is 1. The minimum Gasteiger partial charge on any atom is -0.481 e. The molecule has 0 aromatic heterocycles. The van der Waals surface area contributed by atoms with E-state index >= 15 is 0 Å². The molecule has 0 aromatic carbocycles. The highest BCUT2D eigenvalue weighted by molar-refractivity contribution is 5.76. The summed E-state index contributed by atoms with van der Waals surface area (Å²) in [4.78, 5) is 23.9. The topological polar surface area (TPSA) is 69.6 Å². The zero-order valence-corrected chi connectivity index (χ0v) is 11.6. The van der Waals surface area contributed by atoms with Crippen molar-refractivity contribution in [3.8, 4) is 0 Å². The first-order valence-electron chi connectivity index (χ1n) is 6.81. The van der Waals surface area contributed by atoms with Crippen molar-refractivity contribution < 1.29 is 14.7 Å². The van der Waals surface area contributed by atoms with Crippen LogP contribution in [0.4, 0.5) is 0 Å². The van der Waals surface area contributed by atoms with Gasteiger partial charge in [-0.05, 0) is 38.9 Å². The summed E-state index contributed by atoms with van der Waals surface area (Å²) >= 11 is 0. The van der Waals surface area contributed by atoms with Gasteiger partial charge in [0.1, 0.15) is 0 Å². The third kappa shape index (κ3) is 10.1. The maximum Gasteiger partial charge on any atom is 0.303 e. The van der Waals surface area contributed by atoms with Crippen LogP contribution in [-0.2, 0) is 9.59 Å². The molecule has 0 fully saturated rings. The van der Waals surface area contributed by atoms with Crippen LogP contribution in [0, 0.1) is 0 Å². The number of nitrogens with one attached hydrogen (secondary N) is 1. The van der Waals surface area contributed by atoms with Gasteiger partial charge in [0.15, 0.2) is 0 Å². The molecular weight excluding hydrogens is 232 g/mol. The van der Waals surface area contributed by atoms with Crippen LogP contribution in [0.3, 0.4) is 0 Å². The Labute approximate surface area is 110 Å². The second-order valence-corrected chi connectivity index (χ2v) is 4.33. The zero-order valence-electron chi connectivity index (χ0n) is 11.6. The van der Waals surface area contributed by atoms with Gasteiger partial charge in [0.05, 0.1) is 0 Å². The third-order valence-electron chi connectivity index (χ3n) is 2.91. The van der Waals surface area contributed by atoms with E-state index in [4.69, 9.17) is 5.11 Å². The largest absolute Gasteiger partial charge is 0.481 e. The molecule has 0 saturated heterocycles. The van der Waals surface area contributed by atoms with Gasteiger partial charge >= 0.3 is 5.97 Å². The summed E-state index contributed by atoms with van der Waals surface area (Å²) in [7, 11) is 0. The SMILES string of the molecule is CCN(CC)CCCCNC(=O)CCCC(=O)O.